The predicted octanol–water partition coefficient (Wildman–Crippen LogP) is 1.84. The van der Waals surface area contributed by atoms with Crippen molar-refractivity contribution in [2.45, 2.75) is 12.3 Å². The summed E-state index contributed by atoms with van der Waals surface area (Å²) in [6, 6.07) is 6.30. The van der Waals surface area contributed by atoms with Gasteiger partial charge in [0.25, 0.3) is 0 Å². The van der Waals surface area contributed by atoms with Gasteiger partial charge in [0.05, 0.1) is 12.1 Å². The Bertz CT molecular complexity index is 443. The standard InChI is InChI=1S/C11H12N2O/c1-2-11-3-5-12-13(11)7-9(1)10-4-6-14-8-10/h1-3,5,7,10H,4,6,8H2. The van der Waals surface area contributed by atoms with Crippen LogP contribution in [0, 0.1) is 0 Å². The maximum Gasteiger partial charge on any atom is 0.0661 e. The number of hydrogen-bond donors (Lipinski definition) is 0. The maximum absolute atomic E-state index is 5.38. The summed E-state index contributed by atoms with van der Waals surface area (Å²) in [5.74, 6) is 0.559. The minimum atomic E-state index is 0.559. The first-order valence-electron chi connectivity index (χ1n) is 4.94. The zero-order chi connectivity index (χ0) is 9.38. The minimum absolute atomic E-state index is 0.559. The summed E-state index contributed by atoms with van der Waals surface area (Å²) in [4.78, 5) is 0. The Kier molecular flexibility index (Phi) is 1.77. The molecule has 3 heteroatoms. The van der Waals surface area contributed by atoms with Crippen LogP contribution in [0.3, 0.4) is 0 Å². The van der Waals surface area contributed by atoms with Gasteiger partial charge in [0.2, 0.25) is 0 Å². The molecule has 1 aliphatic rings. The van der Waals surface area contributed by atoms with Gasteiger partial charge >= 0.3 is 0 Å². The molecule has 2 aromatic rings. The molecule has 1 saturated heterocycles. The van der Waals surface area contributed by atoms with Crippen LogP contribution < -0.4 is 0 Å². The van der Waals surface area contributed by atoms with Crippen molar-refractivity contribution in [2.75, 3.05) is 13.2 Å². The highest BCUT2D eigenvalue weighted by atomic mass is 16.5. The van der Waals surface area contributed by atoms with E-state index in [0.29, 0.717) is 5.92 Å². The van der Waals surface area contributed by atoms with Crippen molar-refractivity contribution < 1.29 is 4.74 Å². The summed E-state index contributed by atoms with van der Waals surface area (Å²) in [6.07, 6.45) is 5.06. The molecule has 1 aliphatic heterocycles. The lowest BCUT2D eigenvalue weighted by molar-refractivity contribution is 0.194. The van der Waals surface area contributed by atoms with E-state index in [1.165, 1.54) is 5.56 Å². The van der Waals surface area contributed by atoms with E-state index in [4.69, 9.17) is 4.74 Å². The fourth-order valence-electron chi connectivity index (χ4n) is 1.97. The van der Waals surface area contributed by atoms with E-state index < -0.39 is 0 Å². The summed E-state index contributed by atoms with van der Waals surface area (Å²) in [7, 11) is 0. The van der Waals surface area contributed by atoms with E-state index in [-0.39, 0.29) is 0 Å². The second-order valence-electron chi connectivity index (χ2n) is 3.72. The van der Waals surface area contributed by atoms with Gasteiger partial charge in [-0.15, -0.1) is 0 Å². The Hall–Kier alpha value is -1.35. The third-order valence-corrected chi connectivity index (χ3v) is 2.82. The molecule has 0 bridgehead atoms. The summed E-state index contributed by atoms with van der Waals surface area (Å²) in [5, 5.41) is 4.23. The first kappa shape index (κ1) is 8.00. The van der Waals surface area contributed by atoms with Crippen LogP contribution in [0.1, 0.15) is 17.9 Å². The molecular weight excluding hydrogens is 176 g/mol. The van der Waals surface area contributed by atoms with Crippen molar-refractivity contribution in [1.29, 1.82) is 0 Å². The largest absolute Gasteiger partial charge is 0.381 e. The molecule has 0 saturated carbocycles. The number of pyridine rings is 1. The molecule has 0 aliphatic carbocycles. The molecule has 1 fully saturated rings. The summed E-state index contributed by atoms with van der Waals surface area (Å²) >= 11 is 0. The molecule has 72 valence electrons. The monoisotopic (exact) mass is 188 g/mol. The zero-order valence-corrected chi connectivity index (χ0v) is 7.89. The lowest BCUT2D eigenvalue weighted by Crippen LogP contribution is -1.99. The van der Waals surface area contributed by atoms with Crippen LogP contribution in [-0.2, 0) is 4.74 Å². The molecule has 0 N–H and O–H groups in total. The summed E-state index contributed by atoms with van der Waals surface area (Å²) in [5.41, 5.74) is 2.48. The van der Waals surface area contributed by atoms with Crippen molar-refractivity contribution in [1.82, 2.24) is 9.61 Å². The smallest absolute Gasteiger partial charge is 0.0661 e. The third kappa shape index (κ3) is 1.21. The fraction of sp³-hybridized carbons (Fsp3) is 0.364. The topological polar surface area (TPSA) is 26.5 Å². The number of ether oxygens (including phenoxy) is 1. The molecule has 2 aromatic heterocycles. The number of rotatable bonds is 1. The summed E-state index contributed by atoms with van der Waals surface area (Å²) < 4.78 is 7.30. The Labute approximate surface area is 82.3 Å². The van der Waals surface area contributed by atoms with E-state index in [1.807, 2.05) is 16.8 Å². The van der Waals surface area contributed by atoms with Crippen molar-refractivity contribution in [3.8, 4) is 0 Å². The molecule has 0 radical (unpaired) electrons. The number of fused-ring (bicyclic) bond motifs is 1. The average Bonchev–Trinajstić information content (AvgIpc) is 2.88. The van der Waals surface area contributed by atoms with Crippen molar-refractivity contribution in [3.63, 3.8) is 0 Å². The molecule has 1 atom stereocenters. The Balaban J connectivity index is 2.04. The number of aromatic nitrogens is 2. The highest BCUT2D eigenvalue weighted by molar-refractivity contribution is 5.46. The van der Waals surface area contributed by atoms with E-state index >= 15 is 0 Å². The second kappa shape index (κ2) is 3.10. The fourth-order valence-corrected chi connectivity index (χ4v) is 1.97. The highest BCUT2D eigenvalue weighted by Crippen LogP contribution is 2.24. The SMILES string of the molecule is c1cc2ccc(C3CCOC3)cn2n1. The van der Waals surface area contributed by atoms with Gasteiger partial charge < -0.3 is 4.74 Å². The average molecular weight is 188 g/mol. The summed E-state index contributed by atoms with van der Waals surface area (Å²) in [6.45, 7) is 1.74. The van der Waals surface area contributed by atoms with Gasteiger partial charge in [-0.3, -0.25) is 0 Å². The zero-order valence-electron chi connectivity index (χ0n) is 7.89. The Morgan fingerprint density at radius 1 is 1.36 bits per heavy atom. The third-order valence-electron chi connectivity index (χ3n) is 2.82. The van der Waals surface area contributed by atoms with E-state index in [2.05, 4.69) is 23.4 Å². The van der Waals surface area contributed by atoms with Gasteiger partial charge in [0.1, 0.15) is 0 Å². The van der Waals surface area contributed by atoms with Crippen LogP contribution >= 0.6 is 0 Å². The maximum atomic E-state index is 5.38. The van der Waals surface area contributed by atoms with Crippen LogP contribution in [0.5, 0.6) is 0 Å². The Morgan fingerprint density at radius 2 is 2.36 bits per heavy atom. The van der Waals surface area contributed by atoms with Crippen LogP contribution in [0.4, 0.5) is 0 Å². The van der Waals surface area contributed by atoms with Crippen LogP contribution in [0.25, 0.3) is 5.52 Å². The van der Waals surface area contributed by atoms with Crippen LogP contribution in [0.2, 0.25) is 0 Å². The van der Waals surface area contributed by atoms with Crippen LogP contribution in [-0.4, -0.2) is 22.8 Å². The number of hydrogen-bond acceptors (Lipinski definition) is 2. The van der Waals surface area contributed by atoms with E-state index in [1.54, 1.807) is 0 Å². The molecule has 0 amide bonds. The molecule has 3 heterocycles. The van der Waals surface area contributed by atoms with Crippen LogP contribution in [0.15, 0.2) is 30.6 Å². The first-order chi connectivity index (χ1) is 6.93. The molecule has 3 rings (SSSR count). The molecule has 1 unspecified atom stereocenters. The van der Waals surface area contributed by atoms with Gasteiger partial charge in [-0.25, -0.2) is 4.52 Å². The minimum Gasteiger partial charge on any atom is -0.381 e. The molecule has 3 nitrogen and oxygen atoms in total. The lowest BCUT2D eigenvalue weighted by Gasteiger charge is -2.07. The number of nitrogens with zero attached hydrogens (tertiary/aromatic N) is 2. The van der Waals surface area contributed by atoms with Gasteiger partial charge in [0.15, 0.2) is 0 Å². The van der Waals surface area contributed by atoms with Gasteiger partial charge in [-0.1, -0.05) is 6.07 Å². The molecule has 14 heavy (non-hydrogen) atoms. The second-order valence-corrected chi connectivity index (χ2v) is 3.72. The van der Waals surface area contributed by atoms with Crippen molar-refractivity contribution >= 4 is 5.52 Å². The normalized spacial score (nSPS) is 21.9. The highest BCUT2D eigenvalue weighted by Gasteiger charge is 2.17. The van der Waals surface area contributed by atoms with Gasteiger partial charge in [-0.2, -0.15) is 5.10 Å². The molecular formula is C11H12N2O. The van der Waals surface area contributed by atoms with Gasteiger partial charge in [-0.05, 0) is 24.1 Å². The quantitative estimate of drug-likeness (QED) is 0.682. The lowest BCUT2D eigenvalue weighted by atomic mass is 10.0. The molecule has 0 spiro atoms. The van der Waals surface area contributed by atoms with E-state index in [9.17, 15) is 0 Å². The first-order valence-corrected chi connectivity index (χ1v) is 4.94. The van der Waals surface area contributed by atoms with Crippen molar-refractivity contribution in [3.05, 3.63) is 36.2 Å². The van der Waals surface area contributed by atoms with Gasteiger partial charge in [0, 0.05) is 24.9 Å². The van der Waals surface area contributed by atoms with E-state index in [0.717, 1.165) is 25.2 Å². The predicted molar refractivity (Wildman–Crippen MR) is 53.4 cm³/mol. The van der Waals surface area contributed by atoms with Crippen molar-refractivity contribution in [2.24, 2.45) is 0 Å². The Morgan fingerprint density at radius 3 is 3.21 bits per heavy atom. The molecule has 0 aromatic carbocycles.